The average Bonchev–Trinajstić information content (AvgIpc) is 3.53. The Morgan fingerprint density at radius 3 is 1.29 bits per heavy atom. The first-order valence-electron chi connectivity index (χ1n) is 14.3. The van der Waals surface area contributed by atoms with Crippen molar-refractivity contribution >= 4 is 12.2 Å². The Bertz CT molecular complexity index is 1620. The van der Waals surface area contributed by atoms with E-state index in [-0.39, 0.29) is 18.9 Å². The van der Waals surface area contributed by atoms with Gasteiger partial charge < -0.3 is 0 Å². The first-order chi connectivity index (χ1) is 19.7. The fourth-order valence-electron chi connectivity index (χ4n) is 7.20. The Labute approximate surface area is 246 Å². The maximum atomic E-state index is 14.1. The molecule has 0 aromatic heterocycles. The topological polar surface area (TPSA) is 18.5 Å². The van der Waals surface area contributed by atoms with Crippen molar-refractivity contribution in [3.8, 4) is 11.5 Å². The normalized spacial score (nSPS) is 19.8. The van der Waals surface area contributed by atoms with Crippen LogP contribution in [0.15, 0.2) is 83.9 Å². The van der Waals surface area contributed by atoms with Gasteiger partial charge in [-0.3, -0.25) is 0 Å². The summed E-state index contributed by atoms with van der Waals surface area (Å²) in [4.78, 5) is 0. The molecule has 206 valence electrons. The van der Waals surface area contributed by atoms with Gasteiger partial charge in [0.05, 0.1) is 0 Å². The average molecular weight is 626 g/mol. The molecule has 0 amide bonds. The third kappa shape index (κ3) is 4.27. The summed E-state index contributed by atoms with van der Waals surface area (Å²) < 4.78 is 42.9. The van der Waals surface area contributed by atoms with Gasteiger partial charge in [0, 0.05) is 0 Å². The Balaban J connectivity index is 1.56. The van der Waals surface area contributed by atoms with Crippen LogP contribution in [0, 0.1) is 39.3 Å². The molecule has 1 aliphatic heterocycles. The third-order valence-electron chi connectivity index (χ3n) is 9.11. The predicted molar refractivity (Wildman–Crippen MR) is 157 cm³/mol. The Kier molecular flexibility index (Phi) is 6.43. The number of fused-ring (bicyclic) bond motifs is 6. The summed E-state index contributed by atoms with van der Waals surface area (Å²) in [5.41, 5.74) is 12.7. The summed E-state index contributed by atoms with van der Waals surface area (Å²) in [6, 6.07) is 21.5. The fourth-order valence-corrected chi connectivity index (χ4v) is 19.3. The number of hydrogen-bond donors (Lipinski definition) is 0. The van der Waals surface area contributed by atoms with Crippen LogP contribution in [-0.2, 0) is 21.1 Å². The number of halogens is 2. The van der Waals surface area contributed by atoms with Crippen molar-refractivity contribution in [2.75, 3.05) is 0 Å². The van der Waals surface area contributed by atoms with Gasteiger partial charge in [0.25, 0.3) is 0 Å². The van der Waals surface area contributed by atoms with E-state index < -0.39 is 21.1 Å². The minimum absolute atomic E-state index is 0.0314. The summed E-state index contributed by atoms with van der Waals surface area (Å²) in [5, 5.41) is 0. The molecule has 1 saturated heterocycles. The van der Waals surface area contributed by atoms with Gasteiger partial charge in [0.15, 0.2) is 0 Å². The second kappa shape index (κ2) is 9.91. The van der Waals surface area contributed by atoms with Crippen molar-refractivity contribution in [3.05, 3.63) is 140 Å². The number of rotatable bonds is 4. The molecule has 41 heavy (non-hydrogen) atoms. The summed E-state index contributed by atoms with van der Waals surface area (Å²) in [7, 11) is 0. The van der Waals surface area contributed by atoms with Gasteiger partial charge in [0.1, 0.15) is 0 Å². The van der Waals surface area contributed by atoms with Gasteiger partial charge in [0.2, 0.25) is 0 Å². The molecule has 1 heterocycles. The maximum absolute atomic E-state index is 14.1. The van der Waals surface area contributed by atoms with E-state index in [4.69, 9.17) is 5.63 Å². The van der Waals surface area contributed by atoms with Crippen molar-refractivity contribution in [1.82, 2.24) is 0 Å². The van der Waals surface area contributed by atoms with E-state index in [2.05, 4.69) is 64.1 Å². The molecule has 4 aromatic carbocycles. The van der Waals surface area contributed by atoms with Crippen molar-refractivity contribution in [2.24, 2.45) is 0 Å². The molecule has 1 fully saturated rings. The molecule has 4 aromatic rings. The molecule has 0 spiro atoms. The molecule has 2 nitrogen and oxygen atoms in total. The van der Waals surface area contributed by atoms with Crippen LogP contribution in [0.25, 0.3) is 12.2 Å². The quantitative estimate of drug-likeness (QED) is 0.225. The molecular weight excluding hydrogens is 594 g/mol. The van der Waals surface area contributed by atoms with Gasteiger partial charge in [-0.1, -0.05) is 0 Å². The van der Waals surface area contributed by atoms with Crippen LogP contribution >= 0.6 is 0 Å². The molecule has 5 heteroatoms. The fraction of sp³-hybridized carbons (Fsp3) is 0.222. The van der Waals surface area contributed by atoms with E-state index in [0.717, 1.165) is 12.8 Å². The molecular formula is C36H32F2O2Zr. The second-order valence-electron chi connectivity index (χ2n) is 11.7. The zero-order chi connectivity index (χ0) is 28.5. The van der Waals surface area contributed by atoms with E-state index in [1.165, 1.54) is 79.9 Å². The first kappa shape index (κ1) is 26.6. The number of aryl methyl sites for hydroxylation is 4. The van der Waals surface area contributed by atoms with Crippen LogP contribution < -0.4 is 5.63 Å². The SMILES string of the molecule is Cc1ccc(C)c2c1C=C1CCC3=Cc4c(C)ccc(C)c4[CH]3[Zr]([O]c3ccc(F)cc3)([O]c3ccc(F)cc3)[CH]12. The van der Waals surface area contributed by atoms with E-state index in [1.54, 1.807) is 24.3 Å². The number of hydrogen-bond acceptors (Lipinski definition) is 2. The Morgan fingerprint density at radius 1 is 0.537 bits per heavy atom. The molecule has 2 atom stereocenters. The zero-order valence-electron chi connectivity index (χ0n) is 23.7. The van der Waals surface area contributed by atoms with E-state index in [0.29, 0.717) is 11.5 Å². The van der Waals surface area contributed by atoms with Crippen molar-refractivity contribution < 1.29 is 35.6 Å². The number of allylic oxidation sites excluding steroid dienone is 2. The summed E-state index contributed by atoms with van der Waals surface area (Å²) in [6.45, 7) is 8.70. The second-order valence-corrected chi connectivity index (χ2v) is 19.1. The van der Waals surface area contributed by atoms with Crippen LogP contribution in [0.1, 0.15) is 64.6 Å². The molecule has 0 bridgehead atoms. The Hall–Kier alpha value is -3.30. The molecule has 0 saturated carbocycles. The predicted octanol–water partition coefficient (Wildman–Crippen LogP) is 9.71. The van der Waals surface area contributed by atoms with E-state index in [1.807, 2.05) is 0 Å². The van der Waals surface area contributed by atoms with Gasteiger partial charge in [-0.2, -0.15) is 0 Å². The van der Waals surface area contributed by atoms with Crippen LogP contribution in [-0.4, -0.2) is 0 Å². The monoisotopic (exact) mass is 624 g/mol. The zero-order valence-corrected chi connectivity index (χ0v) is 26.2. The molecule has 2 unspecified atom stereocenters. The van der Waals surface area contributed by atoms with Gasteiger partial charge in [-0.15, -0.1) is 0 Å². The Morgan fingerprint density at radius 2 is 0.902 bits per heavy atom. The molecule has 0 N–H and O–H groups in total. The van der Waals surface area contributed by atoms with E-state index >= 15 is 0 Å². The van der Waals surface area contributed by atoms with Crippen LogP contribution in [0.3, 0.4) is 0 Å². The summed E-state index contributed by atoms with van der Waals surface area (Å²) in [6.07, 6.45) is 6.60. The van der Waals surface area contributed by atoms with Crippen LogP contribution in [0.2, 0.25) is 0 Å². The first-order valence-corrected chi connectivity index (χ1v) is 19.1. The van der Waals surface area contributed by atoms with Gasteiger partial charge in [-0.25, -0.2) is 0 Å². The molecule has 3 aliphatic rings. The minimum atomic E-state index is -4.65. The molecule has 0 radical (unpaired) electrons. The summed E-state index contributed by atoms with van der Waals surface area (Å²) in [5.74, 6) is 0.613. The molecule has 2 aliphatic carbocycles. The van der Waals surface area contributed by atoms with Crippen molar-refractivity contribution in [1.29, 1.82) is 0 Å². The van der Waals surface area contributed by atoms with Crippen molar-refractivity contribution in [2.45, 2.75) is 47.8 Å². The van der Waals surface area contributed by atoms with Crippen LogP contribution in [0.5, 0.6) is 11.5 Å². The van der Waals surface area contributed by atoms with Gasteiger partial charge >= 0.3 is 247 Å². The standard InChI is InChI=1S/C24H24.2C6H5FO.Zr/c1-15-5-6-16(2)22-12-19(11-21(15)22)9-10-20-13-23-17(3)7-8-18(4)24(23)14-20;2*7-5-1-3-6(8)4-2-5;/h5-8,11-14H,9-10H2,1-4H3;2*1-4,8H;/q;;;+2/p-2. The van der Waals surface area contributed by atoms with E-state index in [9.17, 15) is 8.78 Å². The van der Waals surface area contributed by atoms with Gasteiger partial charge in [-0.05, 0) is 0 Å². The number of benzene rings is 4. The third-order valence-corrected chi connectivity index (χ3v) is 19.0. The molecule has 7 rings (SSSR count). The van der Waals surface area contributed by atoms with Crippen LogP contribution in [0.4, 0.5) is 8.78 Å². The summed E-state index contributed by atoms with van der Waals surface area (Å²) >= 11 is -4.65. The van der Waals surface area contributed by atoms with Crippen molar-refractivity contribution in [3.63, 3.8) is 0 Å².